The van der Waals surface area contributed by atoms with Gasteiger partial charge in [-0.05, 0) is 44.8 Å². The molecule has 0 radical (unpaired) electrons. The first kappa shape index (κ1) is 13.3. The van der Waals surface area contributed by atoms with Crippen LogP contribution in [0.2, 0.25) is 0 Å². The van der Waals surface area contributed by atoms with Gasteiger partial charge in [0, 0.05) is 41.2 Å². The minimum atomic E-state index is 0.854. The number of nitrogens with one attached hydrogen (secondary N) is 1. The van der Waals surface area contributed by atoms with Gasteiger partial charge in [-0.1, -0.05) is 0 Å². The van der Waals surface area contributed by atoms with E-state index in [0.717, 1.165) is 27.0 Å². The van der Waals surface area contributed by atoms with E-state index >= 15 is 0 Å². The molecule has 2 aromatic heterocycles. The zero-order chi connectivity index (χ0) is 12.4. The van der Waals surface area contributed by atoms with Crippen LogP contribution in [-0.4, -0.2) is 9.78 Å². The maximum absolute atomic E-state index is 4.32. The van der Waals surface area contributed by atoms with Crippen LogP contribution in [-0.2, 0) is 20.1 Å². The molecule has 0 fully saturated rings. The van der Waals surface area contributed by atoms with Crippen LogP contribution < -0.4 is 5.32 Å². The van der Waals surface area contributed by atoms with E-state index in [1.165, 1.54) is 10.4 Å². The predicted octanol–water partition coefficient (Wildman–Crippen LogP) is 3.60. The summed E-state index contributed by atoms with van der Waals surface area (Å²) in [5.41, 5.74) is 2.34. The number of rotatable bonds is 4. The molecule has 0 aromatic carbocycles. The maximum Gasteiger partial charge on any atom is 0.0843 e. The highest BCUT2D eigenvalue weighted by molar-refractivity contribution is 9.13. The Bertz CT molecular complexity index is 499. The molecule has 3 nitrogen and oxygen atoms in total. The van der Waals surface area contributed by atoms with Crippen LogP contribution in [0, 0.1) is 6.92 Å². The molecule has 92 valence electrons. The Balaban J connectivity index is 1.89. The van der Waals surface area contributed by atoms with Crippen LogP contribution in [0.15, 0.2) is 20.5 Å². The summed E-state index contributed by atoms with van der Waals surface area (Å²) in [6.07, 6.45) is 2.06. The number of aryl methyl sites for hydroxylation is 2. The van der Waals surface area contributed by atoms with Crippen LogP contribution in [0.5, 0.6) is 0 Å². The van der Waals surface area contributed by atoms with Crippen molar-refractivity contribution in [2.45, 2.75) is 20.0 Å². The van der Waals surface area contributed by atoms with Gasteiger partial charge in [-0.25, -0.2) is 0 Å². The molecule has 0 aliphatic heterocycles. The Morgan fingerprint density at radius 2 is 2.18 bits per heavy atom. The van der Waals surface area contributed by atoms with Crippen molar-refractivity contribution in [1.82, 2.24) is 15.1 Å². The van der Waals surface area contributed by atoms with E-state index in [4.69, 9.17) is 0 Å². The molecule has 1 N–H and O–H groups in total. The summed E-state index contributed by atoms with van der Waals surface area (Å²) in [6, 6.07) is 2.14. The molecule has 2 heterocycles. The number of thiophene rings is 1. The fraction of sp³-hybridized carbons (Fsp3) is 0.364. The fourth-order valence-corrected chi connectivity index (χ4v) is 3.77. The van der Waals surface area contributed by atoms with Crippen LogP contribution in [0.1, 0.15) is 16.1 Å². The Morgan fingerprint density at radius 3 is 2.71 bits per heavy atom. The first-order valence-electron chi connectivity index (χ1n) is 5.20. The minimum absolute atomic E-state index is 0.854. The van der Waals surface area contributed by atoms with E-state index < -0.39 is 0 Å². The second-order valence-corrected chi connectivity index (χ2v) is 7.16. The zero-order valence-corrected chi connectivity index (χ0v) is 13.6. The van der Waals surface area contributed by atoms with Gasteiger partial charge in [0.2, 0.25) is 0 Å². The van der Waals surface area contributed by atoms with E-state index in [2.05, 4.69) is 54.5 Å². The van der Waals surface area contributed by atoms with Gasteiger partial charge in [0.1, 0.15) is 0 Å². The lowest BCUT2D eigenvalue weighted by atomic mass is 10.2. The van der Waals surface area contributed by atoms with Crippen molar-refractivity contribution in [3.05, 3.63) is 36.7 Å². The molecule has 2 aromatic rings. The molecule has 0 unspecified atom stereocenters. The average molecular weight is 379 g/mol. The van der Waals surface area contributed by atoms with Crippen molar-refractivity contribution in [3.63, 3.8) is 0 Å². The summed E-state index contributed by atoms with van der Waals surface area (Å²) in [4.78, 5) is 1.31. The predicted molar refractivity (Wildman–Crippen MR) is 78.2 cm³/mol. The van der Waals surface area contributed by atoms with Crippen molar-refractivity contribution in [1.29, 1.82) is 0 Å². The number of hydrogen-bond donors (Lipinski definition) is 1. The lowest BCUT2D eigenvalue weighted by Crippen LogP contribution is -2.11. The topological polar surface area (TPSA) is 29.9 Å². The summed E-state index contributed by atoms with van der Waals surface area (Å²) < 4.78 is 4.12. The smallest absolute Gasteiger partial charge is 0.0843 e. The van der Waals surface area contributed by atoms with Crippen molar-refractivity contribution < 1.29 is 0 Å². The first-order valence-corrected chi connectivity index (χ1v) is 7.60. The lowest BCUT2D eigenvalue weighted by molar-refractivity contribution is 0.697. The second-order valence-electron chi connectivity index (χ2n) is 3.85. The molecule has 0 aliphatic carbocycles. The van der Waals surface area contributed by atoms with Crippen molar-refractivity contribution in [2.75, 3.05) is 0 Å². The molecule has 0 atom stereocenters. The molecule has 0 spiro atoms. The molecule has 0 saturated heterocycles. The third-order valence-electron chi connectivity index (χ3n) is 2.43. The molecule has 0 saturated carbocycles. The normalized spacial score (nSPS) is 11.1. The summed E-state index contributed by atoms with van der Waals surface area (Å²) in [5.74, 6) is 0. The van der Waals surface area contributed by atoms with Gasteiger partial charge in [0.15, 0.2) is 0 Å². The minimum Gasteiger partial charge on any atom is -0.308 e. The first-order chi connectivity index (χ1) is 8.06. The second kappa shape index (κ2) is 5.65. The van der Waals surface area contributed by atoms with Gasteiger partial charge in [-0.2, -0.15) is 5.10 Å². The Labute approximate surface area is 121 Å². The Hall–Kier alpha value is -0.170. The van der Waals surface area contributed by atoms with Gasteiger partial charge in [-0.3, -0.25) is 4.68 Å². The monoisotopic (exact) mass is 377 g/mol. The van der Waals surface area contributed by atoms with Crippen LogP contribution in [0.3, 0.4) is 0 Å². The molecular weight excluding hydrogens is 366 g/mol. The fourth-order valence-electron chi connectivity index (χ4n) is 1.62. The van der Waals surface area contributed by atoms with Crippen molar-refractivity contribution >= 4 is 43.2 Å². The molecule has 0 aliphatic rings. The molecule has 2 rings (SSSR count). The van der Waals surface area contributed by atoms with Crippen LogP contribution in [0.4, 0.5) is 0 Å². The quantitative estimate of drug-likeness (QED) is 0.880. The van der Waals surface area contributed by atoms with E-state index in [0.29, 0.717) is 0 Å². The van der Waals surface area contributed by atoms with E-state index in [9.17, 15) is 0 Å². The summed E-state index contributed by atoms with van der Waals surface area (Å²) >= 11 is 8.73. The van der Waals surface area contributed by atoms with Crippen molar-refractivity contribution in [3.8, 4) is 0 Å². The standard InChI is InChI=1S/C11H13Br2N3S/c1-7-8(6-16(2)15-7)4-14-5-9-3-10(12)11(13)17-9/h3,6,14H,4-5H2,1-2H3. The summed E-state index contributed by atoms with van der Waals surface area (Å²) in [5, 5.41) is 7.75. The number of hydrogen-bond acceptors (Lipinski definition) is 3. The van der Waals surface area contributed by atoms with Crippen LogP contribution in [0.25, 0.3) is 0 Å². The summed E-state index contributed by atoms with van der Waals surface area (Å²) in [7, 11) is 1.95. The van der Waals surface area contributed by atoms with Gasteiger partial charge in [-0.15, -0.1) is 11.3 Å². The number of aromatic nitrogens is 2. The van der Waals surface area contributed by atoms with E-state index in [1.54, 1.807) is 11.3 Å². The SMILES string of the molecule is Cc1nn(C)cc1CNCc1cc(Br)c(Br)s1. The number of nitrogens with zero attached hydrogens (tertiary/aromatic N) is 2. The van der Waals surface area contributed by atoms with E-state index in [1.807, 2.05) is 18.7 Å². The third kappa shape index (κ3) is 3.40. The van der Waals surface area contributed by atoms with Crippen LogP contribution >= 0.6 is 43.2 Å². The van der Waals surface area contributed by atoms with Gasteiger partial charge < -0.3 is 5.32 Å². The largest absolute Gasteiger partial charge is 0.308 e. The van der Waals surface area contributed by atoms with Crippen molar-refractivity contribution in [2.24, 2.45) is 7.05 Å². The molecule has 0 bridgehead atoms. The number of halogens is 2. The molecular formula is C11H13Br2N3S. The highest BCUT2D eigenvalue weighted by Crippen LogP contribution is 2.32. The zero-order valence-electron chi connectivity index (χ0n) is 9.63. The maximum atomic E-state index is 4.32. The third-order valence-corrected chi connectivity index (χ3v) is 5.68. The Morgan fingerprint density at radius 1 is 1.41 bits per heavy atom. The van der Waals surface area contributed by atoms with E-state index in [-0.39, 0.29) is 0 Å². The molecule has 0 amide bonds. The van der Waals surface area contributed by atoms with Gasteiger partial charge >= 0.3 is 0 Å². The lowest BCUT2D eigenvalue weighted by Gasteiger charge is -2.01. The summed E-state index contributed by atoms with van der Waals surface area (Å²) in [6.45, 7) is 3.77. The average Bonchev–Trinajstić information content (AvgIpc) is 2.72. The Kier molecular flexibility index (Phi) is 4.41. The van der Waals surface area contributed by atoms with Gasteiger partial charge in [0.25, 0.3) is 0 Å². The highest BCUT2D eigenvalue weighted by Gasteiger charge is 2.05. The molecule has 6 heteroatoms. The van der Waals surface area contributed by atoms with Gasteiger partial charge in [0.05, 0.1) is 9.48 Å². The molecule has 17 heavy (non-hydrogen) atoms. The highest BCUT2D eigenvalue weighted by atomic mass is 79.9.